The van der Waals surface area contributed by atoms with Gasteiger partial charge >= 0.3 is 0 Å². The average Bonchev–Trinajstić information content (AvgIpc) is 3.24. The van der Waals surface area contributed by atoms with Gasteiger partial charge in [-0.25, -0.2) is 15.0 Å². The quantitative estimate of drug-likeness (QED) is 0.595. The minimum atomic E-state index is -0.479. The van der Waals surface area contributed by atoms with Gasteiger partial charge in [-0.2, -0.15) is 11.3 Å². The Kier molecular flexibility index (Phi) is 3.24. The van der Waals surface area contributed by atoms with E-state index in [0.29, 0.717) is 28.4 Å². The molecule has 0 aliphatic rings. The van der Waals surface area contributed by atoms with Gasteiger partial charge in [0.05, 0.1) is 5.69 Å². The van der Waals surface area contributed by atoms with Crippen LogP contribution in [0.4, 0.5) is 5.82 Å². The van der Waals surface area contributed by atoms with Gasteiger partial charge in [0.25, 0.3) is 0 Å². The highest BCUT2D eigenvalue weighted by molar-refractivity contribution is 7.08. The molecular formula is C16H12N6OS. The summed E-state index contributed by atoms with van der Waals surface area (Å²) in [5.41, 5.74) is 14.6. The fraction of sp³-hybridized carbons (Fsp3) is 0. The first-order valence-electron chi connectivity index (χ1n) is 7.07. The summed E-state index contributed by atoms with van der Waals surface area (Å²) in [6.45, 7) is 0. The summed E-state index contributed by atoms with van der Waals surface area (Å²) in [7, 11) is 0. The van der Waals surface area contributed by atoms with Crippen LogP contribution in [0.1, 0.15) is 10.4 Å². The molecule has 0 saturated heterocycles. The molecule has 1 aromatic carbocycles. The fourth-order valence-corrected chi connectivity index (χ4v) is 3.05. The fourth-order valence-electron chi connectivity index (χ4n) is 2.42. The number of nitrogens with two attached hydrogens (primary N) is 2. The summed E-state index contributed by atoms with van der Waals surface area (Å²) in [5, 5.41) is 3.98. The second-order valence-corrected chi connectivity index (χ2v) is 5.92. The van der Waals surface area contributed by atoms with Crippen molar-refractivity contribution in [2.24, 2.45) is 5.73 Å². The lowest BCUT2D eigenvalue weighted by Gasteiger charge is -2.05. The topological polar surface area (TPSA) is 113 Å². The maximum atomic E-state index is 11.2. The van der Waals surface area contributed by atoms with E-state index in [1.165, 1.54) is 0 Å². The molecule has 0 radical (unpaired) electrons. The smallest absolute Gasteiger partial charge is 0.248 e. The van der Waals surface area contributed by atoms with Crippen molar-refractivity contribution in [1.82, 2.24) is 19.5 Å². The van der Waals surface area contributed by atoms with Gasteiger partial charge in [0.2, 0.25) is 5.91 Å². The zero-order chi connectivity index (χ0) is 16.7. The molecule has 0 fully saturated rings. The first-order valence-corrected chi connectivity index (χ1v) is 8.01. The number of primary amides is 1. The number of carbonyl (C=O) groups excluding carboxylic acids is 1. The zero-order valence-electron chi connectivity index (χ0n) is 12.4. The molecule has 24 heavy (non-hydrogen) atoms. The molecule has 8 heteroatoms. The summed E-state index contributed by atoms with van der Waals surface area (Å²) >= 11 is 1.59. The van der Waals surface area contributed by atoms with Crippen molar-refractivity contribution >= 4 is 34.2 Å². The van der Waals surface area contributed by atoms with Crippen molar-refractivity contribution in [1.29, 1.82) is 0 Å². The molecule has 3 heterocycles. The Morgan fingerprint density at radius 2 is 1.92 bits per heavy atom. The number of nitrogens with zero attached hydrogens (tertiary/aromatic N) is 4. The second-order valence-electron chi connectivity index (χ2n) is 5.14. The number of thiophene rings is 1. The van der Waals surface area contributed by atoms with Crippen molar-refractivity contribution in [3.05, 3.63) is 53.0 Å². The number of aromatic nitrogens is 4. The summed E-state index contributed by atoms with van der Waals surface area (Å²) in [4.78, 5) is 24.4. The Morgan fingerprint density at radius 1 is 1.12 bits per heavy atom. The van der Waals surface area contributed by atoms with E-state index in [-0.39, 0.29) is 0 Å². The number of carbonyl (C=O) groups is 1. The number of benzene rings is 1. The average molecular weight is 336 g/mol. The highest BCUT2D eigenvalue weighted by atomic mass is 32.1. The van der Waals surface area contributed by atoms with Crippen LogP contribution in [-0.2, 0) is 0 Å². The van der Waals surface area contributed by atoms with Gasteiger partial charge in [-0.3, -0.25) is 9.36 Å². The van der Waals surface area contributed by atoms with Crippen molar-refractivity contribution in [3.63, 3.8) is 0 Å². The number of hydrogen-bond acceptors (Lipinski definition) is 6. The molecule has 4 aromatic rings. The monoisotopic (exact) mass is 336 g/mol. The van der Waals surface area contributed by atoms with Crippen molar-refractivity contribution in [3.8, 4) is 17.1 Å². The minimum absolute atomic E-state index is 0.308. The molecule has 0 aliphatic carbocycles. The lowest BCUT2D eigenvalue weighted by Crippen LogP contribution is -2.10. The van der Waals surface area contributed by atoms with Crippen LogP contribution in [0, 0.1) is 0 Å². The van der Waals surface area contributed by atoms with Gasteiger partial charge in [-0.05, 0) is 23.6 Å². The number of nitrogen functional groups attached to an aromatic ring is 1. The van der Waals surface area contributed by atoms with E-state index in [1.807, 2.05) is 21.4 Å². The van der Waals surface area contributed by atoms with Crippen LogP contribution >= 0.6 is 11.3 Å². The molecule has 118 valence electrons. The molecule has 4 N–H and O–H groups in total. The van der Waals surface area contributed by atoms with E-state index in [2.05, 4.69) is 15.0 Å². The molecule has 0 saturated carbocycles. The van der Waals surface area contributed by atoms with Crippen LogP contribution in [0.2, 0.25) is 0 Å². The molecule has 7 nitrogen and oxygen atoms in total. The first-order chi connectivity index (χ1) is 11.6. The number of rotatable bonds is 3. The zero-order valence-corrected chi connectivity index (χ0v) is 13.2. The first kappa shape index (κ1) is 14.3. The van der Waals surface area contributed by atoms with Gasteiger partial charge in [0, 0.05) is 16.5 Å². The SMILES string of the molecule is NC(=O)c1ccc(-c2nc(N)c3ncn(-c4ccsc4)c3n2)cc1. The summed E-state index contributed by atoms with van der Waals surface area (Å²) in [5.74, 6) is 0.295. The Hall–Kier alpha value is -3.26. The summed E-state index contributed by atoms with van der Waals surface area (Å²) < 4.78 is 1.87. The van der Waals surface area contributed by atoms with Crippen molar-refractivity contribution < 1.29 is 4.79 Å². The highest BCUT2D eigenvalue weighted by Crippen LogP contribution is 2.25. The van der Waals surface area contributed by atoms with Crippen LogP contribution < -0.4 is 11.5 Å². The normalized spacial score (nSPS) is 11.0. The Labute approximate surface area is 140 Å². The summed E-state index contributed by atoms with van der Waals surface area (Å²) in [6.07, 6.45) is 1.68. The summed E-state index contributed by atoms with van der Waals surface area (Å²) in [6, 6.07) is 8.73. The standard InChI is InChI=1S/C16H12N6OS/c17-13-12-16(22(8-19-12)11-5-6-24-7-11)21-15(20-13)10-3-1-9(2-4-10)14(18)23/h1-8H,(H2,18,23)(H2,17,20,21). The molecule has 0 aliphatic heterocycles. The lowest BCUT2D eigenvalue weighted by atomic mass is 10.1. The second kappa shape index (κ2) is 5.43. The van der Waals surface area contributed by atoms with Crippen LogP contribution in [-0.4, -0.2) is 25.4 Å². The van der Waals surface area contributed by atoms with Crippen LogP contribution in [0.15, 0.2) is 47.4 Å². The minimum Gasteiger partial charge on any atom is -0.382 e. The number of amides is 1. The van der Waals surface area contributed by atoms with Crippen LogP contribution in [0.3, 0.4) is 0 Å². The van der Waals surface area contributed by atoms with E-state index in [0.717, 1.165) is 11.3 Å². The largest absolute Gasteiger partial charge is 0.382 e. The molecular weight excluding hydrogens is 324 g/mol. The van der Waals surface area contributed by atoms with Gasteiger partial charge in [0.1, 0.15) is 6.33 Å². The number of imidazole rings is 1. The predicted octanol–water partition coefficient (Wildman–Crippen LogP) is 2.23. The Bertz CT molecular complexity index is 1040. The maximum absolute atomic E-state index is 11.2. The van der Waals surface area contributed by atoms with E-state index in [4.69, 9.17) is 11.5 Å². The third-order valence-electron chi connectivity index (χ3n) is 3.64. The molecule has 3 aromatic heterocycles. The van der Waals surface area contributed by atoms with Gasteiger partial charge < -0.3 is 11.5 Å². The van der Waals surface area contributed by atoms with Crippen molar-refractivity contribution in [2.45, 2.75) is 0 Å². The Balaban J connectivity index is 1.87. The lowest BCUT2D eigenvalue weighted by molar-refractivity contribution is 0.100. The van der Waals surface area contributed by atoms with Crippen molar-refractivity contribution in [2.75, 3.05) is 5.73 Å². The van der Waals surface area contributed by atoms with Gasteiger partial charge in [-0.15, -0.1) is 0 Å². The molecule has 0 spiro atoms. The molecule has 0 bridgehead atoms. The Morgan fingerprint density at radius 3 is 2.58 bits per heavy atom. The van der Waals surface area contributed by atoms with E-state index < -0.39 is 5.91 Å². The van der Waals surface area contributed by atoms with E-state index in [1.54, 1.807) is 41.9 Å². The predicted molar refractivity (Wildman–Crippen MR) is 92.9 cm³/mol. The number of hydrogen-bond donors (Lipinski definition) is 2. The maximum Gasteiger partial charge on any atom is 0.248 e. The van der Waals surface area contributed by atoms with Gasteiger partial charge in [-0.1, -0.05) is 12.1 Å². The van der Waals surface area contributed by atoms with Gasteiger partial charge in [0.15, 0.2) is 22.8 Å². The molecule has 0 unspecified atom stereocenters. The third kappa shape index (κ3) is 2.29. The number of fused-ring (bicyclic) bond motifs is 1. The molecule has 0 atom stereocenters. The highest BCUT2D eigenvalue weighted by Gasteiger charge is 2.14. The molecule has 1 amide bonds. The third-order valence-corrected chi connectivity index (χ3v) is 4.31. The van der Waals surface area contributed by atoms with E-state index in [9.17, 15) is 4.79 Å². The van der Waals surface area contributed by atoms with E-state index >= 15 is 0 Å². The van der Waals surface area contributed by atoms with Crippen LogP contribution in [0.25, 0.3) is 28.2 Å². The molecule has 4 rings (SSSR count). The van der Waals surface area contributed by atoms with Crippen LogP contribution in [0.5, 0.6) is 0 Å². The number of anilines is 1.